The highest BCUT2D eigenvalue weighted by Crippen LogP contribution is 2.01. The molecule has 11 heavy (non-hydrogen) atoms. The third-order valence-corrected chi connectivity index (χ3v) is 1.70. The molecule has 0 spiro atoms. The van der Waals surface area contributed by atoms with E-state index in [0.717, 1.165) is 11.1 Å². The van der Waals surface area contributed by atoms with E-state index >= 15 is 0 Å². The van der Waals surface area contributed by atoms with Crippen molar-refractivity contribution in [2.45, 2.75) is 0 Å². The van der Waals surface area contributed by atoms with Gasteiger partial charge in [-0.3, -0.25) is 0 Å². The van der Waals surface area contributed by atoms with E-state index < -0.39 is 0 Å². The van der Waals surface area contributed by atoms with Gasteiger partial charge in [-0.2, -0.15) is 5.10 Å². The maximum Gasteiger partial charge on any atom is 0.149 e. The van der Waals surface area contributed by atoms with Gasteiger partial charge in [0.1, 0.15) is 18.6 Å². The van der Waals surface area contributed by atoms with Gasteiger partial charge in [0.15, 0.2) is 0 Å². The van der Waals surface area contributed by atoms with Gasteiger partial charge in [0, 0.05) is 12.4 Å². The minimum atomic E-state index is 0.494. The first kappa shape index (κ1) is 6.67. The minimum absolute atomic E-state index is 0.494. The number of halogens is 1. The van der Waals surface area contributed by atoms with E-state index in [-0.39, 0.29) is 0 Å². The Labute approximate surface area is 69.4 Å². The SMILES string of the molecule is Bc1cc(Cl)nn2ccnc12. The molecule has 2 rings (SSSR count). The number of hydrogen-bond donors (Lipinski definition) is 0. The third kappa shape index (κ3) is 0.992. The standard InChI is InChI=1S/C6H5BClN3/c7-4-3-5(8)10-11-2-1-9-6(4)11/h1-3H,7H2. The van der Waals surface area contributed by atoms with E-state index in [2.05, 4.69) is 10.1 Å². The molecule has 0 unspecified atom stereocenters. The maximum absolute atomic E-state index is 5.72. The van der Waals surface area contributed by atoms with Gasteiger partial charge < -0.3 is 0 Å². The Balaban J connectivity index is 2.91. The molecule has 0 radical (unpaired) electrons. The molecule has 0 aromatic carbocycles. The summed E-state index contributed by atoms with van der Waals surface area (Å²) >= 11 is 5.72. The van der Waals surface area contributed by atoms with E-state index in [1.807, 2.05) is 7.85 Å². The molecule has 3 nitrogen and oxygen atoms in total. The summed E-state index contributed by atoms with van der Waals surface area (Å²) in [6, 6.07) is 1.80. The molecule has 0 atom stereocenters. The lowest BCUT2D eigenvalue weighted by molar-refractivity contribution is 0.941. The second-order valence-corrected chi connectivity index (χ2v) is 2.73. The monoisotopic (exact) mass is 165 g/mol. The highest BCUT2D eigenvalue weighted by molar-refractivity contribution is 6.38. The average Bonchev–Trinajstić information content (AvgIpc) is 2.34. The molecular formula is C6H5BClN3. The molecule has 2 heterocycles. The first-order chi connectivity index (χ1) is 5.27. The zero-order chi connectivity index (χ0) is 7.84. The molecule has 0 amide bonds. The second-order valence-electron chi connectivity index (χ2n) is 2.35. The largest absolute Gasteiger partial charge is 0.236 e. The van der Waals surface area contributed by atoms with Crippen molar-refractivity contribution in [1.29, 1.82) is 0 Å². The molecule has 2 aromatic rings. The van der Waals surface area contributed by atoms with Crippen LogP contribution in [-0.2, 0) is 0 Å². The molecule has 0 N–H and O–H groups in total. The zero-order valence-electron chi connectivity index (χ0n) is 5.95. The first-order valence-electron chi connectivity index (χ1n) is 3.24. The summed E-state index contributed by atoms with van der Waals surface area (Å²) < 4.78 is 1.66. The smallest absolute Gasteiger partial charge is 0.149 e. The fourth-order valence-corrected chi connectivity index (χ4v) is 1.28. The lowest BCUT2D eigenvalue weighted by Gasteiger charge is -1.96. The van der Waals surface area contributed by atoms with Gasteiger partial charge in [-0.15, -0.1) is 0 Å². The van der Waals surface area contributed by atoms with Gasteiger partial charge in [-0.1, -0.05) is 11.6 Å². The van der Waals surface area contributed by atoms with Crippen LogP contribution in [0, 0.1) is 0 Å². The summed E-state index contributed by atoms with van der Waals surface area (Å²) in [6.45, 7) is 0. The van der Waals surface area contributed by atoms with Crippen LogP contribution in [0.2, 0.25) is 5.15 Å². The average molecular weight is 165 g/mol. The van der Waals surface area contributed by atoms with Crippen LogP contribution in [0.25, 0.3) is 5.65 Å². The first-order valence-corrected chi connectivity index (χ1v) is 3.61. The van der Waals surface area contributed by atoms with Gasteiger partial charge in [-0.25, -0.2) is 9.50 Å². The predicted molar refractivity (Wildman–Crippen MR) is 46.2 cm³/mol. The Morgan fingerprint density at radius 3 is 3.18 bits per heavy atom. The van der Waals surface area contributed by atoms with E-state index in [0.29, 0.717) is 5.15 Å². The molecule has 0 aliphatic heterocycles. The van der Waals surface area contributed by atoms with Crippen LogP contribution in [0.15, 0.2) is 18.5 Å². The molecule has 0 bridgehead atoms. The van der Waals surface area contributed by atoms with Crippen LogP contribution in [0.4, 0.5) is 0 Å². The van der Waals surface area contributed by atoms with Crippen LogP contribution in [-0.4, -0.2) is 22.4 Å². The molecule has 2 aromatic heterocycles. The summed E-state index contributed by atoms with van der Waals surface area (Å²) in [5.74, 6) is 0. The lowest BCUT2D eigenvalue weighted by atomic mass is 9.99. The molecule has 5 heteroatoms. The van der Waals surface area contributed by atoms with Gasteiger partial charge in [0.2, 0.25) is 0 Å². The van der Waals surface area contributed by atoms with Crippen molar-refractivity contribution in [3.05, 3.63) is 23.6 Å². The fourth-order valence-electron chi connectivity index (χ4n) is 1.04. The number of nitrogens with zero attached hydrogens (tertiary/aromatic N) is 3. The topological polar surface area (TPSA) is 30.2 Å². The van der Waals surface area contributed by atoms with Crippen molar-refractivity contribution in [1.82, 2.24) is 14.6 Å². The molecule has 0 fully saturated rings. The van der Waals surface area contributed by atoms with E-state index in [1.165, 1.54) is 0 Å². The number of aromatic nitrogens is 3. The van der Waals surface area contributed by atoms with E-state index in [4.69, 9.17) is 11.6 Å². The normalized spacial score (nSPS) is 10.6. The van der Waals surface area contributed by atoms with Crippen LogP contribution < -0.4 is 5.46 Å². The van der Waals surface area contributed by atoms with Gasteiger partial charge in [0.25, 0.3) is 0 Å². The predicted octanol–water partition coefficient (Wildman–Crippen LogP) is -0.359. The van der Waals surface area contributed by atoms with Crippen molar-refractivity contribution in [3.63, 3.8) is 0 Å². The van der Waals surface area contributed by atoms with Crippen molar-refractivity contribution in [2.75, 3.05) is 0 Å². The maximum atomic E-state index is 5.72. The molecular weight excluding hydrogens is 160 g/mol. The lowest BCUT2D eigenvalue weighted by Crippen LogP contribution is -2.09. The van der Waals surface area contributed by atoms with E-state index in [9.17, 15) is 0 Å². The number of rotatable bonds is 0. The number of imidazole rings is 1. The fraction of sp³-hybridized carbons (Fsp3) is 0. The molecule has 0 saturated carbocycles. The van der Waals surface area contributed by atoms with Gasteiger partial charge >= 0.3 is 0 Å². The number of hydrogen-bond acceptors (Lipinski definition) is 2. The van der Waals surface area contributed by atoms with Crippen molar-refractivity contribution >= 4 is 30.6 Å². The van der Waals surface area contributed by atoms with E-state index in [1.54, 1.807) is 23.0 Å². The molecule has 54 valence electrons. The van der Waals surface area contributed by atoms with Crippen LogP contribution in [0.1, 0.15) is 0 Å². The highest BCUT2D eigenvalue weighted by atomic mass is 35.5. The molecule has 0 aliphatic carbocycles. The Kier molecular flexibility index (Phi) is 1.36. The summed E-state index contributed by atoms with van der Waals surface area (Å²) in [4.78, 5) is 4.10. The highest BCUT2D eigenvalue weighted by Gasteiger charge is 1.99. The summed E-state index contributed by atoms with van der Waals surface area (Å²) in [7, 11) is 1.95. The van der Waals surface area contributed by atoms with Gasteiger partial charge in [-0.05, 0) is 11.5 Å². The Morgan fingerprint density at radius 2 is 2.36 bits per heavy atom. The van der Waals surface area contributed by atoms with Crippen molar-refractivity contribution in [2.24, 2.45) is 0 Å². The zero-order valence-corrected chi connectivity index (χ0v) is 6.71. The Bertz CT molecular complexity index is 398. The third-order valence-electron chi connectivity index (χ3n) is 1.51. The van der Waals surface area contributed by atoms with Crippen LogP contribution in [0.3, 0.4) is 0 Å². The second kappa shape index (κ2) is 2.24. The minimum Gasteiger partial charge on any atom is -0.236 e. The number of fused-ring (bicyclic) bond motifs is 1. The Hall–Kier alpha value is -1.03. The Morgan fingerprint density at radius 1 is 1.55 bits per heavy atom. The summed E-state index contributed by atoms with van der Waals surface area (Å²) in [5.41, 5.74) is 1.89. The van der Waals surface area contributed by atoms with Crippen LogP contribution in [0.5, 0.6) is 0 Å². The summed E-state index contributed by atoms with van der Waals surface area (Å²) in [5, 5.41) is 4.51. The van der Waals surface area contributed by atoms with Crippen molar-refractivity contribution < 1.29 is 0 Å². The molecule has 0 saturated heterocycles. The van der Waals surface area contributed by atoms with Crippen LogP contribution >= 0.6 is 11.6 Å². The quantitative estimate of drug-likeness (QED) is 0.499. The summed E-state index contributed by atoms with van der Waals surface area (Å²) in [6.07, 6.45) is 3.47. The molecule has 0 aliphatic rings. The van der Waals surface area contributed by atoms with Crippen molar-refractivity contribution in [3.8, 4) is 0 Å². The van der Waals surface area contributed by atoms with Gasteiger partial charge in [0.05, 0.1) is 0 Å².